The number of aliphatic hydroxyl groups excluding tert-OH is 1. The van der Waals surface area contributed by atoms with Gasteiger partial charge in [0.1, 0.15) is 67.0 Å². The molecule has 0 radical (unpaired) electrons. The summed E-state index contributed by atoms with van der Waals surface area (Å²) < 4.78 is 68.3. The zero-order valence-corrected chi connectivity index (χ0v) is 75.4. The summed E-state index contributed by atoms with van der Waals surface area (Å²) in [4.78, 5) is 187. The Labute approximate surface area is 742 Å². The number of esters is 10. The highest BCUT2D eigenvalue weighted by Crippen LogP contribution is 2.12. The van der Waals surface area contributed by atoms with E-state index >= 15 is 0 Å². The molecule has 0 bridgehead atoms. The molecule has 0 spiro atoms. The van der Waals surface area contributed by atoms with Crippen molar-refractivity contribution < 1.29 is 168 Å². The molecule has 3 amide bonds. The lowest BCUT2D eigenvalue weighted by Gasteiger charge is -2.19. The van der Waals surface area contributed by atoms with Gasteiger partial charge in [-0.3, -0.25) is 52.7 Å². The van der Waals surface area contributed by atoms with Gasteiger partial charge in [-0.15, -0.1) is 23.2 Å². The summed E-state index contributed by atoms with van der Waals surface area (Å²) in [7, 11) is 0. The molecule has 5 unspecified atom stereocenters. The maximum Gasteiger partial charge on any atom is 0.408 e. The normalized spacial score (nSPS) is 12.0. The Kier molecular flexibility index (Phi) is 69.6. The number of nitrogens with one attached hydrogen (secondary N) is 3. The molecule has 0 aromatic heterocycles. The van der Waals surface area contributed by atoms with Crippen LogP contribution < -0.4 is 21.7 Å². The summed E-state index contributed by atoms with van der Waals surface area (Å²) in [5, 5.41) is 38.2. The van der Waals surface area contributed by atoms with E-state index in [4.69, 9.17) is 118 Å². The van der Waals surface area contributed by atoms with Gasteiger partial charge >= 0.3 is 95.9 Å². The van der Waals surface area contributed by atoms with E-state index < -0.39 is 155 Å². The number of alkyl halides is 2. The fourth-order valence-corrected chi connectivity index (χ4v) is 7.51. The number of aliphatic carboxylic acids is 3. The topological polar surface area (TPSA) is 562 Å². The van der Waals surface area contributed by atoms with E-state index in [9.17, 15) is 81.5 Å². The van der Waals surface area contributed by atoms with Crippen LogP contribution in [-0.4, -0.2) is 240 Å². The number of rotatable bonds is 40. The van der Waals surface area contributed by atoms with E-state index in [2.05, 4.69) is 25.4 Å². The van der Waals surface area contributed by atoms with E-state index in [0.717, 1.165) is 29.9 Å². The maximum absolute atomic E-state index is 11.8. The van der Waals surface area contributed by atoms with Crippen LogP contribution in [-0.2, 0) is 153 Å². The molecule has 39 nitrogen and oxygen atoms in total. The first-order chi connectivity index (χ1) is 58.4. The van der Waals surface area contributed by atoms with Crippen LogP contribution in [0.4, 0.5) is 14.4 Å². The zero-order chi connectivity index (χ0) is 95.9. The molecule has 1 heterocycles. The summed E-state index contributed by atoms with van der Waals surface area (Å²) in [6.45, 7) is 23.5. The standard InChI is InChI=1S/C21H29NO8.C14H17ClO4.C14H23NO8.C11H14O3.C9H15NO6.C7H13NO4.C4H8O.C3H4Cl2O/c1-15(29-18(24)13-22-20(26)30-21(2,3)4)19(25)27-12-8-11-17(23)28-14-16-9-6-5-7-10-16;1-11(15)14(17)18-9-5-8-13(16)19-10-12-6-3-2-4-7-12;1-9(12(19)21-7-5-6-10(16)17)22-11(18)8-15-13(20)23-14(2,3)4;12-8-4-7-11(13)14-9-10-5-2-1-3-6-10;1-6(16-8(13)5-10)9(14)15-4-2-3-7(11)12;1-7(2,3)12-6(11)8-4-5(9)10;1-2-4-5-3-1;1-2(4)3(5)6/h5-7,9-10,15H,8,11-14H2,1-4H3,(H,22,26);2-4,6-7,11H,5,8-10H2,1H3;9H,5-8H2,1-4H3,(H,15,20)(H,16,17);1-3,5-6,12H,4,7-9H2;6H,2-5,10H2,1H3,(H,11,12);4H2,1-3H3,(H,8,11)(H,9,10);1-4H2;2H,1H3. The predicted molar refractivity (Wildman–Crippen MR) is 449 cm³/mol. The van der Waals surface area contributed by atoms with E-state index in [-0.39, 0.29) is 116 Å². The van der Waals surface area contributed by atoms with Gasteiger partial charge in [0.15, 0.2) is 18.3 Å². The third-order valence-corrected chi connectivity index (χ3v) is 14.1. The van der Waals surface area contributed by atoms with Crippen molar-refractivity contribution in [1.82, 2.24) is 16.0 Å². The lowest BCUT2D eigenvalue weighted by atomic mass is 10.2. The van der Waals surface area contributed by atoms with Crippen molar-refractivity contribution >= 4 is 136 Å². The van der Waals surface area contributed by atoms with Gasteiger partial charge in [0, 0.05) is 51.9 Å². The Balaban J connectivity index is -0.000000699. The van der Waals surface area contributed by atoms with Crippen LogP contribution >= 0.6 is 34.8 Å². The number of hydrogen-bond acceptors (Lipinski definition) is 33. The van der Waals surface area contributed by atoms with Crippen molar-refractivity contribution in [2.24, 2.45) is 5.73 Å². The van der Waals surface area contributed by atoms with Crippen LogP contribution in [0, 0.1) is 0 Å². The van der Waals surface area contributed by atoms with E-state index in [1.165, 1.54) is 47.5 Å². The molecule has 706 valence electrons. The minimum Gasteiger partial charge on any atom is -0.481 e. The minimum absolute atomic E-state index is 0.0165. The summed E-state index contributed by atoms with van der Waals surface area (Å²) in [6, 6.07) is 28.2. The SMILES string of the molecule is C1CCOC1.CC(C)(C)OC(=O)NCC(=O)O.CC(Cl)C(=O)Cl.CC(Cl)C(=O)OCCCC(=O)OCc1ccccc1.CC(OC(=O)CN)C(=O)OCCCC(=O)O.CC(OC(=O)CNC(=O)OC(C)(C)C)C(=O)OCCCC(=O)O.CC(OC(=O)CNC(=O)OC(C)(C)C)C(=O)OCCCC(=O)OCc1ccccc1.O=C(CCCO)OCc1ccccc1. The van der Waals surface area contributed by atoms with E-state index in [0.29, 0.717) is 19.4 Å². The molecule has 1 aliphatic rings. The van der Waals surface area contributed by atoms with Crippen molar-refractivity contribution in [2.45, 2.75) is 240 Å². The Bertz CT molecular complexity index is 3640. The molecular weight excluding hydrogens is 1720 g/mol. The number of alkyl carbamates (subject to hydrolysis) is 3. The highest BCUT2D eigenvalue weighted by Gasteiger charge is 2.25. The molecule has 1 saturated heterocycles. The zero-order valence-electron chi connectivity index (χ0n) is 73.1. The quantitative estimate of drug-likeness (QED) is 0.00863. The third kappa shape index (κ3) is 83.7. The number of carbonyl (C=O) groups excluding carboxylic acids is 14. The molecule has 5 atom stereocenters. The first kappa shape index (κ1) is 120. The largest absolute Gasteiger partial charge is 0.481 e. The molecule has 1 fully saturated rings. The van der Waals surface area contributed by atoms with Crippen LogP contribution in [0.1, 0.15) is 191 Å². The number of amides is 3. The maximum atomic E-state index is 11.8. The lowest BCUT2D eigenvalue weighted by molar-refractivity contribution is -0.166. The predicted octanol–water partition coefficient (Wildman–Crippen LogP) is 9.60. The number of nitrogens with two attached hydrogens (primary N) is 1. The van der Waals surface area contributed by atoms with Gasteiger partial charge in [0.2, 0.25) is 5.24 Å². The minimum atomic E-state index is -1.16. The molecule has 125 heavy (non-hydrogen) atoms. The number of hydrogen-bond donors (Lipinski definition) is 8. The van der Waals surface area contributed by atoms with Crippen molar-refractivity contribution in [3.63, 3.8) is 0 Å². The molecular formula is C83H123Cl3N4O35. The first-order valence-corrected chi connectivity index (χ1v) is 40.4. The van der Waals surface area contributed by atoms with Crippen LogP contribution in [0.5, 0.6) is 0 Å². The van der Waals surface area contributed by atoms with Crippen molar-refractivity contribution in [1.29, 1.82) is 0 Å². The van der Waals surface area contributed by atoms with Gasteiger partial charge in [0.05, 0.1) is 33.0 Å². The molecule has 3 aromatic rings. The number of carboxylic acids is 3. The smallest absolute Gasteiger partial charge is 0.408 e. The average Bonchev–Trinajstić information content (AvgIpc) is 1.32. The van der Waals surface area contributed by atoms with Crippen LogP contribution in [0.2, 0.25) is 0 Å². The van der Waals surface area contributed by atoms with Gasteiger partial charge in [-0.25, -0.2) is 28.8 Å². The monoisotopic (exact) mass is 1840 g/mol. The fraction of sp³-hybridized carbons (Fsp3) is 0.578. The second kappa shape index (κ2) is 72.3. The van der Waals surface area contributed by atoms with Crippen molar-refractivity contribution in [3.8, 4) is 0 Å². The van der Waals surface area contributed by atoms with Gasteiger partial charge in [-0.05, 0) is 170 Å². The Hall–Kier alpha value is -11.0. The molecule has 4 rings (SSSR count). The molecule has 3 aromatic carbocycles. The van der Waals surface area contributed by atoms with Gasteiger partial charge in [0.25, 0.3) is 0 Å². The number of halogens is 3. The molecule has 42 heteroatoms. The van der Waals surface area contributed by atoms with E-state index in [1.54, 1.807) is 62.3 Å². The Morgan fingerprint density at radius 2 is 0.656 bits per heavy atom. The highest BCUT2D eigenvalue weighted by atomic mass is 35.5. The average molecular weight is 1840 g/mol. The Morgan fingerprint density at radius 1 is 0.384 bits per heavy atom. The highest BCUT2D eigenvalue weighted by molar-refractivity contribution is 6.69. The number of carbonyl (C=O) groups is 17. The number of benzene rings is 3. The summed E-state index contributed by atoms with van der Waals surface area (Å²) in [6.07, 6.45) is -1.09. The summed E-state index contributed by atoms with van der Waals surface area (Å²) in [5.41, 5.74) is 5.80. The number of ether oxygens (including phenoxy) is 14. The summed E-state index contributed by atoms with van der Waals surface area (Å²) in [5.74, 6) is -9.08. The third-order valence-electron chi connectivity index (χ3n) is 13.3. The first-order valence-electron chi connectivity index (χ1n) is 39.2. The molecule has 0 aliphatic carbocycles. The van der Waals surface area contributed by atoms with Crippen molar-refractivity contribution in [3.05, 3.63) is 108 Å². The van der Waals surface area contributed by atoms with Gasteiger partial charge < -0.3 is 108 Å². The van der Waals surface area contributed by atoms with E-state index in [1.807, 2.05) is 91.0 Å². The van der Waals surface area contributed by atoms with Gasteiger partial charge in [-0.1, -0.05) is 91.0 Å². The Morgan fingerprint density at radius 3 is 0.896 bits per heavy atom. The fourth-order valence-electron chi connectivity index (χ4n) is 7.45. The van der Waals surface area contributed by atoms with Crippen molar-refractivity contribution in [2.75, 3.05) is 72.4 Å². The van der Waals surface area contributed by atoms with Crippen LogP contribution in [0.25, 0.3) is 0 Å². The molecule has 9 N–H and O–H groups in total. The molecule has 0 saturated carbocycles. The lowest BCUT2D eigenvalue weighted by Crippen LogP contribution is -2.37. The molecule has 1 aliphatic heterocycles. The summed E-state index contributed by atoms with van der Waals surface area (Å²) >= 11 is 15.5. The number of carboxylic acid groups (broad SMARTS) is 3. The van der Waals surface area contributed by atoms with Crippen LogP contribution in [0.3, 0.4) is 0 Å². The van der Waals surface area contributed by atoms with Gasteiger partial charge in [-0.2, -0.15) is 0 Å². The second-order valence-electron chi connectivity index (χ2n) is 28.6. The van der Waals surface area contributed by atoms with Crippen LogP contribution in [0.15, 0.2) is 91.0 Å². The second-order valence-corrected chi connectivity index (χ2v) is 30.2. The number of aliphatic hydroxyl groups is 1.